The number of hydrogen-bond donors (Lipinski definition) is 2. The molecule has 4 N–H and O–H groups in total. The Morgan fingerprint density at radius 2 is 1.88 bits per heavy atom. The monoisotopic (exact) mass is 212 g/mol. The van der Waals surface area contributed by atoms with Gasteiger partial charge in [0, 0.05) is 6.07 Å². The standard InChI is InChI=1S/C10H8N6/c11-5-6-2-1-3-7(14-6)8-4-9(12)16-10(13)15-8/h1-4H,(H4,12,13,15,16). The fraction of sp³-hybridized carbons (Fsp3) is 0. The summed E-state index contributed by atoms with van der Waals surface area (Å²) in [4.78, 5) is 11.8. The van der Waals surface area contributed by atoms with Crippen molar-refractivity contribution < 1.29 is 0 Å². The molecule has 0 atom stereocenters. The van der Waals surface area contributed by atoms with E-state index in [1.165, 1.54) is 0 Å². The molecule has 0 unspecified atom stereocenters. The second kappa shape index (κ2) is 3.82. The largest absolute Gasteiger partial charge is 0.384 e. The van der Waals surface area contributed by atoms with Crippen LogP contribution in [-0.4, -0.2) is 15.0 Å². The van der Waals surface area contributed by atoms with E-state index in [2.05, 4.69) is 15.0 Å². The van der Waals surface area contributed by atoms with Crippen LogP contribution in [0.25, 0.3) is 11.4 Å². The number of nitrogens with two attached hydrogens (primary N) is 2. The van der Waals surface area contributed by atoms with Crippen molar-refractivity contribution >= 4 is 11.8 Å². The highest BCUT2D eigenvalue weighted by atomic mass is 15.0. The van der Waals surface area contributed by atoms with E-state index in [9.17, 15) is 0 Å². The van der Waals surface area contributed by atoms with Gasteiger partial charge < -0.3 is 11.5 Å². The first-order chi connectivity index (χ1) is 7.69. The Kier molecular flexibility index (Phi) is 2.36. The maximum absolute atomic E-state index is 8.72. The van der Waals surface area contributed by atoms with Gasteiger partial charge in [-0.1, -0.05) is 6.07 Å². The van der Waals surface area contributed by atoms with E-state index in [0.717, 1.165) is 0 Å². The summed E-state index contributed by atoms with van der Waals surface area (Å²) in [6, 6.07) is 8.56. The molecule has 16 heavy (non-hydrogen) atoms. The third kappa shape index (κ3) is 1.88. The topological polar surface area (TPSA) is 114 Å². The van der Waals surface area contributed by atoms with Gasteiger partial charge >= 0.3 is 0 Å². The van der Waals surface area contributed by atoms with E-state index in [1.807, 2.05) is 6.07 Å². The molecule has 2 rings (SSSR count). The van der Waals surface area contributed by atoms with Gasteiger partial charge in [-0.25, -0.2) is 9.97 Å². The van der Waals surface area contributed by atoms with Crippen LogP contribution in [0.1, 0.15) is 5.69 Å². The highest BCUT2D eigenvalue weighted by Gasteiger charge is 2.05. The van der Waals surface area contributed by atoms with Crippen LogP contribution in [0.15, 0.2) is 24.3 Å². The molecule has 78 valence electrons. The summed E-state index contributed by atoms with van der Waals surface area (Å²) in [5, 5.41) is 8.72. The number of nitrogens with zero attached hydrogens (tertiary/aromatic N) is 4. The quantitative estimate of drug-likeness (QED) is 0.714. The van der Waals surface area contributed by atoms with Crippen molar-refractivity contribution in [2.45, 2.75) is 0 Å². The lowest BCUT2D eigenvalue weighted by Gasteiger charge is -2.02. The minimum absolute atomic E-state index is 0.0826. The fourth-order valence-corrected chi connectivity index (χ4v) is 1.26. The molecular formula is C10H8N6. The zero-order valence-electron chi connectivity index (χ0n) is 8.25. The van der Waals surface area contributed by atoms with Gasteiger partial charge in [0.25, 0.3) is 0 Å². The molecule has 6 heteroatoms. The number of aromatic nitrogens is 3. The number of pyridine rings is 1. The van der Waals surface area contributed by atoms with Crippen molar-refractivity contribution in [1.29, 1.82) is 5.26 Å². The second-order valence-electron chi connectivity index (χ2n) is 3.06. The minimum atomic E-state index is 0.0826. The van der Waals surface area contributed by atoms with Crippen LogP contribution < -0.4 is 11.5 Å². The van der Waals surface area contributed by atoms with Crippen LogP contribution in [0, 0.1) is 11.3 Å². The van der Waals surface area contributed by atoms with E-state index < -0.39 is 0 Å². The van der Waals surface area contributed by atoms with Crippen LogP contribution in [-0.2, 0) is 0 Å². The van der Waals surface area contributed by atoms with Gasteiger partial charge in [0.05, 0.1) is 11.4 Å². The number of anilines is 2. The summed E-state index contributed by atoms with van der Waals surface area (Å²) < 4.78 is 0. The van der Waals surface area contributed by atoms with Gasteiger partial charge in [-0.15, -0.1) is 0 Å². The summed E-state index contributed by atoms with van der Waals surface area (Å²) in [5.74, 6) is 0.353. The first-order valence-electron chi connectivity index (χ1n) is 4.46. The van der Waals surface area contributed by atoms with Crippen molar-refractivity contribution in [3.63, 3.8) is 0 Å². The third-order valence-corrected chi connectivity index (χ3v) is 1.89. The Labute approximate surface area is 91.6 Å². The first kappa shape index (κ1) is 9.86. The van der Waals surface area contributed by atoms with Crippen LogP contribution in [0.2, 0.25) is 0 Å². The maximum Gasteiger partial charge on any atom is 0.222 e. The molecule has 0 saturated heterocycles. The molecule has 2 aromatic rings. The zero-order valence-corrected chi connectivity index (χ0v) is 8.25. The predicted octanol–water partition coefficient (Wildman–Crippen LogP) is 0.575. The lowest BCUT2D eigenvalue weighted by atomic mass is 10.2. The van der Waals surface area contributed by atoms with Crippen LogP contribution >= 0.6 is 0 Å². The summed E-state index contributed by atoms with van der Waals surface area (Å²) in [5.41, 5.74) is 12.4. The zero-order chi connectivity index (χ0) is 11.5. The van der Waals surface area contributed by atoms with Crippen molar-refractivity contribution in [2.24, 2.45) is 0 Å². The Morgan fingerprint density at radius 1 is 1.06 bits per heavy atom. The average molecular weight is 212 g/mol. The Balaban J connectivity index is 2.54. The Bertz CT molecular complexity index is 552. The van der Waals surface area contributed by atoms with E-state index >= 15 is 0 Å². The molecule has 0 aliphatic carbocycles. The fourth-order valence-electron chi connectivity index (χ4n) is 1.26. The Hall–Kier alpha value is -2.68. The number of hydrogen-bond acceptors (Lipinski definition) is 6. The first-order valence-corrected chi connectivity index (χ1v) is 4.46. The molecule has 2 heterocycles. The van der Waals surface area contributed by atoms with Crippen molar-refractivity contribution in [2.75, 3.05) is 11.5 Å². The molecule has 0 aromatic carbocycles. The Morgan fingerprint density at radius 3 is 2.56 bits per heavy atom. The maximum atomic E-state index is 8.72. The van der Waals surface area contributed by atoms with Gasteiger partial charge in [-0.3, -0.25) is 0 Å². The minimum Gasteiger partial charge on any atom is -0.384 e. The summed E-state index contributed by atoms with van der Waals surface area (Å²) in [6.45, 7) is 0. The van der Waals surface area contributed by atoms with Crippen molar-refractivity contribution in [3.8, 4) is 17.5 Å². The van der Waals surface area contributed by atoms with E-state index in [-0.39, 0.29) is 11.8 Å². The second-order valence-corrected chi connectivity index (χ2v) is 3.06. The predicted molar refractivity (Wildman–Crippen MR) is 58.8 cm³/mol. The molecule has 0 amide bonds. The van der Waals surface area contributed by atoms with E-state index in [0.29, 0.717) is 17.1 Å². The van der Waals surface area contributed by atoms with Gasteiger partial charge in [-0.2, -0.15) is 10.2 Å². The highest BCUT2D eigenvalue weighted by Crippen LogP contribution is 2.17. The molecule has 0 bridgehead atoms. The molecule has 0 saturated carbocycles. The van der Waals surface area contributed by atoms with Gasteiger partial charge in [0.1, 0.15) is 17.6 Å². The molecule has 0 spiro atoms. The molecular weight excluding hydrogens is 204 g/mol. The number of nitrogen functional groups attached to an aromatic ring is 2. The lowest BCUT2D eigenvalue weighted by molar-refractivity contribution is 1.17. The van der Waals surface area contributed by atoms with Gasteiger partial charge in [0.2, 0.25) is 5.95 Å². The number of rotatable bonds is 1. The van der Waals surface area contributed by atoms with E-state index in [1.54, 1.807) is 24.3 Å². The van der Waals surface area contributed by atoms with Crippen molar-refractivity contribution in [3.05, 3.63) is 30.0 Å². The molecule has 6 nitrogen and oxygen atoms in total. The molecule has 0 fully saturated rings. The van der Waals surface area contributed by atoms with Crippen LogP contribution in [0.5, 0.6) is 0 Å². The molecule has 2 aromatic heterocycles. The molecule has 0 aliphatic rings. The van der Waals surface area contributed by atoms with Gasteiger partial charge in [0.15, 0.2) is 0 Å². The van der Waals surface area contributed by atoms with E-state index in [4.69, 9.17) is 16.7 Å². The molecule has 0 aliphatic heterocycles. The summed E-state index contributed by atoms with van der Waals surface area (Å²) in [6.07, 6.45) is 0. The molecule has 0 radical (unpaired) electrons. The summed E-state index contributed by atoms with van der Waals surface area (Å²) in [7, 11) is 0. The van der Waals surface area contributed by atoms with Crippen molar-refractivity contribution in [1.82, 2.24) is 15.0 Å². The van der Waals surface area contributed by atoms with Gasteiger partial charge in [-0.05, 0) is 12.1 Å². The average Bonchev–Trinajstić information content (AvgIpc) is 2.28. The smallest absolute Gasteiger partial charge is 0.222 e. The number of nitriles is 1. The summed E-state index contributed by atoms with van der Waals surface area (Å²) >= 11 is 0. The lowest BCUT2D eigenvalue weighted by Crippen LogP contribution is -2.01. The van der Waals surface area contributed by atoms with Crippen LogP contribution in [0.3, 0.4) is 0 Å². The third-order valence-electron chi connectivity index (χ3n) is 1.89. The normalized spacial score (nSPS) is 9.69. The SMILES string of the molecule is N#Cc1cccc(-c2cc(N)nc(N)n2)n1. The highest BCUT2D eigenvalue weighted by molar-refractivity contribution is 5.59. The van der Waals surface area contributed by atoms with Crippen LogP contribution in [0.4, 0.5) is 11.8 Å².